The van der Waals surface area contributed by atoms with E-state index in [2.05, 4.69) is 10.3 Å². The second-order valence-electron chi connectivity index (χ2n) is 8.84. The van der Waals surface area contributed by atoms with Crippen LogP contribution in [0.2, 0.25) is 5.02 Å². The fraction of sp³-hybridized carbons (Fsp3) is 0.346. The summed E-state index contributed by atoms with van der Waals surface area (Å²) in [6, 6.07) is 9.32. The van der Waals surface area contributed by atoms with E-state index in [1.165, 1.54) is 14.0 Å². The standard InChI is InChI=1S/C26H28ClN3O5/c1-14(31)20-12-29-22-8-5-16(17-10-21(27)25(32)23(11-17)34-2)9-19(22)24(20)30-18-6-3-15(4-7-18)13-35-26(28)33/h5,8-12,15,18,32H,3-4,6-7,13H2,1-2H3,(H2,28,33)(H,29,30). The lowest BCUT2D eigenvalue weighted by Crippen LogP contribution is -2.29. The summed E-state index contributed by atoms with van der Waals surface area (Å²) in [5, 5.41) is 14.7. The highest BCUT2D eigenvalue weighted by atomic mass is 35.5. The molecule has 0 aliphatic heterocycles. The lowest BCUT2D eigenvalue weighted by Gasteiger charge is -2.30. The first-order valence-corrected chi connectivity index (χ1v) is 11.8. The van der Waals surface area contributed by atoms with Gasteiger partial charge in [-0.2, -0.15) is 0 Å². The van der Waals surface area contributed by atoms with Gasteiger partial charge in [0.1, 0.15) is 0 Å². The molecule has 4 rings (SSSR count). The Morgan fingerprint density at radius 3 is 2.57 bits per heavy atom. The third-order valence-corrected chi connectivity index (χ3v) is 6.77. The van der Waals surface area contributed by atoms with Crippen LogP contribution in [0.15, 0.2) is 36.5 Å². The molecular formula is C26H28ClN3O5. The van der Waals surface area contributed by atoms with Gasteiger partial charge in [0.15, 0.2) is 17.3 Å². The van der Waals surface area contributed by atoms with E-state index < -0.39 is 6.09 Å². The first kappa shape index (κ1) is 24.6. The number of primary amides is 1. The number of nitrogens with zero attached hydrogens (tertiary/aromatic N) is 1. The number of hydrogen-bond acceptors (Lipinski definition) is 7. The number of carbonyl (C=O) groups is 2. The monoisotopic (exact) mass is 497 g/mol. The van der Waals surface area contributed by atoms with Crippen LogP contribution in [0.5, 0.6) is 11.5 Å². The van der Waals surface area contributed by atoms with Crippen molar-refractivity contribution < 1.29 is 24.2 Å². The number of carbonyl (C=O) groups excluding carboxylic acids is 2. The zero-order chi connectivity index (χ0) is 25.1. The summed E-state index contributed by atoms with van der Waals surface area (Å²) in [4.78, 5) is 27.9. The van der Waals surface area contributed by atoms with E-state index in [-0.39, 0.29) is 34.3 Å². The van der Waals surface area contributed by atoms with Crippen molar-refractivity contribution in [1.82, 2.24) is 4.98 Å². The van der Waals surface area contributed by atoms with Crippen molar-refractivity contribution in [3.05, 3.63) is 47.1 Å². The van der Waals surface area contributed by atoms with Crippen LogP contribution < -0.4 is 15.8 Å². The van der Waals surface area contributed by atoms with Crippen molar-refractivity contribution in [2.24, 2.45) is 11.7 Å². The Morgan fingerprint density at radius 2 is 1.91 bits per heavy atom. The Balaban J connectivity index is 1.67. The maximum atomic E-state index is 12.5. The van der Waals surface area contributed by atoms with Crippen LogP contribution in [0.25, 0.3) is 22.0 Å². The van der Waals surface area contributed by atoms with E-state index in [0.717, 1.165) is 53.4 Å². The van der Waals surface area contributed by atoms with Gasteiger partial charge in [0.25, 0.3) is 0 Å². The Labute approximate surface area is 208 Å². The van der Waals surface area contributed by atoms with Gasteiger partial charge in [0.05, 0.1) is 35.5 Å². The van der Waals surface area contributed by atoms with E-state index in [1.54, 1.807) is 18.3 Å². The molecule has 35 heavy (non-hydrogen) atoms. The highest BCUT2D eigenvalue weighted by Gasteiger charge is 2.24. The normalized spacial score (nSPS) is 17.7. The maximum Gasteiger partial charge on any atom is 0.404 e. The number of halogens is 1. The number of benzene rings is 2. The van der Waals surface area contributed by atoms with Gasteiger partial charge in [0, 0.05) is 17.6 Å². The zero-order valence-electron chi connectivity index (χ0n) is 19.6. The molecule has 1 saturated carbocycles. The number of nitrogens with two attached hydrogens (primary N) is 1. The van der Waals surface area contributed by atoms with Gasteiger partial charge in [-0.05, 0) is 73.9 Å². The number of rotatable bonds is 7. The minimum Gasteiger partial charge on any atom is -0.503 e. The van der Waals surface area contributed by atoms with Crippen LogP contribution in [0, 0.1) is 5.92 Å². The van der Waals surface area contributed by atoms with Gasteiger partial charge in [-0.1, -0.05) is 17.7 Å². The molecule has 0 spiro atoms. The first-order chi connectivity index (χ1) is 16.8. The molecule has 3 aromatic rings. The molecule has 1 aliphatic rings. The third-order valence-electron chi connectivity index (χ3n) is 6.49. The quantitative estimate of drug-likeness (QED) is 0.366. The number of ketones is 1. The predicted molar refractivity (Wildman–Crippen MR) is 135 cm³/mol. The number of amides is 1. The van der Waals surface area contributed by atoms with Crippen LogP contribution >= 0.6 is 11.6 Å². The van der Waals surface area contributed by atoms with Crippen molar-refractivity contribution in [3.8, 4) is 22.6 Å². The minimum atomic E-state index is -0.747. The minimum absolute atomic E-state index is 0.0785. The summed E-state index contributed by atoms with van der Waals surface area (Å²) in [6.45, 7) is 1.86. The molecule has 0 atom stereocenters. The van der Waals surface area contributed by atoms with E-state index in [0.29, 0.717) is 12.2 Å². The molecule has 0 bridgehead atoms. The molecule has 2 aromatic carbocycles. The number of methoxy groups -OCH3 is 1. The molecule has 1 aliphatic carbocycles. The molecule has 4 N–H and O–H groups in total. The summed E-state index contributed by atoms with van der Waals surface area (Å²) in [5.41, 5.74) is 8.72. The van der Waals surface area contributed by atoms with Crippen LogP contribution in [-0.4, -0.2) is 41.7 Å². The highest BCUT2D eigenvalue weighted by molar-refractivity contribution is 6.32. The topological polar surface area (TPSA) is 124 Å². The van der Waals surface area contributed by atoms with Crippen LogP contribution in [-0.2, 0) is 4.74 Å². The first-order valence-electron chi connectivity index (χ1n) is 11.5. The lowest BCUT2D eigenvalue weighted by molar-refractivity contribution is 0.101. The Morgan fingerprint density at radius 1 is 1.17 bits per heavy atom. The number of anilines is 1. The van der Waals surface area contributed by atoms with Crippen molar-refractivity contribution in [3.63, 3.8) is 0 Å². The van der Waals surface area contributed by atoms with Gasteiger partial charge < -0.3 is 25.6 Å². The summed E-state index contributed by atoms with van der Waals surface area (Å²) in [5.74, 6) is 0.366. The molecule has 1 amide bonds. The van der Waals surface area contributed by atoms with Gasteiger partial charge in [0.2, 0.25) is 0 Å². The number of pyridine rings is 1. The SMILES string of the molecule is COc1cc(-c2ccc3ncc(C(C)=O)c(NC4CCC(COC(N)=O)CC4)c3c2)cc(Cl)c1O. The van der Waals surface area contributed by atoms with Crippen molar-refractivity contribution in [1.29, 1.82) is 0 Å². The van der Waals surface area contributed by atoms with Crippen molar-refractivity contribution in [2.75, 3.05) is 19.0 Å². The van der Waals surface area contributed by atoms with Gasteiger partial charge in [-0.15, -0.1) is 0 Å². The van der Waals surface area contributed by atoms with Crippen LogP contribution in [0.4, 0.5) is 10.5 Å². The molecule has 1 aromatic heterocycles. The smallest absolute Gasteiger partial charge is 0.404 e. The van der Waals surface area contributed by atoms with Crippen molar-refractivity contribution >= 4 is 40.1 Å². The number of aromatic nitrogens is 1. The fourth-order valence-corrected chi connectivity index (χ4v) is 4.78. The molecule has 8 nitrogen and oxygen atoms in total. The molecule has 9 heteroatoms. The molecule has 1 heterocycles. The average Bonchev–Trinajstić information content (AvgIpc) is 2.84. The van der Waals surface area contributed by atoms with E-state index in [4.69, 9.17) is 26.8 Å². The number of Topliss-reactive ketones (excluding diaryl/α,β-unsaturated/α-hetero) is 1. The third kappa shape index (κ3) is 5.43. The molecular weight excluding hydrogens is 470 g/mol. The van der Waals surface area contributed by atoms with E-state index in [9.17, 15) is 14.7 Å². The second kappa shape index (κ2) is 10.4. The predicted octanol–water partition coefficient (Wildman–Crippen LogP) is 5.54. The Hall–Kier alpha value is -3.52. The number of nitrogens with one attached hydrogen (secondary N) is 1. The van der Waals surface area contributed by atoms with Gasteiger partial charge in [-0.25, -0.2) is 4.79 Å². The summed E-state index contributed by atoms with van der Waals surface area (Å²) >= 11 is 6.21. The number of phenolic OH excluding ortho intramolecular Hbond substituents is 1. The van der Waals surface area contributed by atoms with Crippen molar-refractivity contribution in [2.45, 2.75) is 38.6 Å². The summed E-state index contributed by atoms with van der Waals surface area (Å²) < 4.78 is 10.2. The highest BCUT2D eigenvalue weighted by Crippen LogP contribution is 2.40. The Bertz CT molecular complexity index is 1270. The molecule has 0 radical (unpaired) electrons. The van der Waals surface area contributed by atoms with Crippen LogP contribution in [0.3, 0.4) is 0 Å². The average molecular weight is 498 g/mol. The van der Waals surface area contributed by atoms with E-state index in [1.807, 2.05) is 18.2 Å². The fourth-order valence-electron chi connectivity index (χ4n) is 4.57. The number of aromatic hydroxyl groups is 1. The molecule has 184 valence electrons. The largest absolute Gasteiger partial charge is 0.503 e. The maximum absolute atomic E-state index is 12.5. The molecule has 0 saturated heterocycles. The number of ether oxygens (including phenoxy) is 2. The van der Waals surface area contributed by atoms with Crippen LogP contribution in [0.1, 0.15) is 43.0 Å². The lowest BCUT2D eigenvalue weighted by atomic mass is 9.86. The summed E-state index contributed by atoms with van der Waals surface area (Å²) in [7, 11) is 1.47. The number of hydrogen-bond donors (Lipinski definition) is 3. The van der Waals surface area contributed by atoms with Gasteiger partial charge in [-0.3, -0.25) is 9.78 Å². The zero-order valence-corrected chi connectivity index (χ0v) is 20.4. The number of fused-ring (bicyclic) bond motifs is 1. The Kier molecular flexibility index (Phi) is 7.31. The summed E-state index contributed by atoms with van der Waals surface area (Å²) in [6.07, 6.45) is 4.39. The second-order valence-corrected chi connectivity index (χ2v) is 9.24. The molecule has 1 fully saturated rings. The van der Waals surface area contributed by atoms with E-state index >= 15 is 0 Å². The molecule has 0 unspecified atom stereocenters. The number of phenols is 1. The van der Waals surface area contributed by atoms with Gasteiger partial charge >= 0.3 is 6.09 Å².